The van der Waals surface area contributed by atoms with Crippen molar-refractivity contribution in [3.05, 3.63) is 11.2 Å². The molecule has 23 heavy (non-hydrogen) atoms. The zero-order chi connectivity index (χ0) is 16.4. The average Bonchev–Trinajstić information content (AvgIpc) is 3.16. The summed E-state index contributed by atoms with van der Waals surface area (Å²) in [6, 6.07) is 0.522. The maximum absolute atomic E-state index is 12.8. The lowest BCUT2D eigenvalue weighted by molar-refractivity contribution is 0.166. The summed E-state index contributed by atoms with van der Waals surface area (Å²) >= 11 is 1.53. The molecule has 0 radical (unpaired) electrons. The molecule has 1 saturated carbocycles. The number of urea groups is 1. The number of nitrogens with zero attached hydrogens (tertiary/aromatic N) is 2. The summed E-state index contributed by atoms with van der Waals surface area (Å²) in [4.78, 5) is 19.4. The minimum Gasteiger partial charge on any atom is -0.321 e. The van der Waals surface area contributed by atoms with Crippen LogP contribution in [-0.4, -0.2) is 28.5 Å². The van der Waals surface area contributed by atoms with E-state index < -0.39 is 0 Å². The first-order chi connectivity index (χ1) is 11.0. The number of anilines is 1. The fourth-order valence-corrected chi connectivity index (χ4v) is 4.97. The molecule has 0 bridgehead atoms. The summed E-state index contributed by atoms with van der Waals surface area (Å²) in [5, 5.41) is 4.06. The van der Waals surface area contributed by atoms with Crippen molar-refractivity contribution in [3.63, 3.8) is 0 Å². The molecule has 4 nitrogen and oxygen atoms in total. The van der Waals surface area contributed by atoms with Crippen molar-refractivity contribution in [3.8, 4) is 0 Å². The van der Waals surface area contributed by atoms with Crippen LogP contribution in [0.1, 0.15) is 71.4 Å². The second kappa shape index (κ2) is 6.80. The molecule has 3 rings (SSSR count). The first-order valence-electron chi connectivity index (χ1n) is 8.98. The van der Waals surface area contributed by atoms with E-state index in [2.05, 4.69) is 36.0 Å². The Morgan fingerprint density at radius 3 is 2.65 bits per heavy atom. The number of hydrogen-bond donors (Lipinski definition) is 1. The maximum atomic E-state index is 12.8. The third-order valence-corrected chi connectivity index (χ3v) is 5.99. The van der Waals surface area contributed by atoms with Crippen molar-refractivity contribution in [2.75, 3.05) is 11.9 Å². The van der Waals surface area contributed by atoms with E-state index >= 15 is 0 Å². The fourth-order valence-electron chi connectivity index (χ4n) is 4.09. The van der Waals surface area contributed by atoms with Crippen LogP contribution < -0.4 is 5.32 Å². The molecule has 5 heteroatoms. The lowest BCUT2D eigenvalue weighted by atomic mass is 9.83. The molecule has 128 valence electrons. The van der Waals surface area contributed by atoms with Gasteiger partial charge in [-0.1, -0.05) is 40.0 Å². The highest BCUT2D eigenvalue weighted by molar-refractivity contribution is 7.14. The van der Waals surface area contributed by atoms with Crippen molar-refractivity contribution >= 4 is 22.4 Å². The maximum Gasteiger partial charge on any atom is 0.322 e. The Kier molecular flexibility index (Phi) is 4.95. The minimum atomic E-state index is -0.0452. The topological polar surface area (TPSA) is 45.2 Å². The summed E-state index contributed by atoms with van der Waals surface area (Å²) < 4.78 is 0. The predicted molar refractivity (Wildman–Crippen MR) is 96.1 cm³/mol. The van der Waals surface area contributed by atoms with Crippen LogP contribution in [0.15, 0.2) is 5.51 Å². The SMILES string of the molecule is CC(C)(C)c1ncsc1NC(=O)N1CCC[C@H]1C1CCCCC1. The molecule has 0 spiro atoms. The number of rotatable bonds is 2. The Hall–Kier alpha value is -1.10. The lowest BCUT2D eigenvalue weighted by Crippen LogP contribution is -2.43. The number of carbonyl (C=O) groups excluding carboxylic acids is 1. The molecule has 2 fully saturated rings. The Labute approximate surface area is 143 Å². The first-order valence-corrected chi connectivity index (χ1v) is 9.86. The van der Waals surface area contributed by atoms with Gasteiger partial charge in [-0.15, -0.1) is 11.3 Å². The Balaban J connectivity index is 1.69. The molecule has 0 aromatic carbocycles. The predicted octanol–water partition coefficient (Wildman–Crippen LogP) is 5.02. The van der Waals surface area contributed by atoms with E-state index in [1.165, 1.54) is 49.9 Å². The Morgan fingerprint density at radius 2 is 1.96 bits per heavy atom. The summed E-state index contributed by atoms with van der Waals surface area (Å²) in [5.74, 6) is 0.709. The Morgan fingerprint density at radius 1 is 1.22 bits per heavy atom. The van der Waals surface area contributed by atoms with Gasteiger partial charge in [0, 0.05) is 18.0 Å². The van der Waals surface area contributed by atoms with E-state index in [1.807, 2.05) is 5.51 Å². The van der Waals surface area contributed by atoms with Gasteiger partial charge >= 0.3 is 6.03 Å². The van der Waals surface area contributed by atoms with Crippen molar-refractivity contribution < 1.29 is 4.79 Å². The van der Waals surface area contributed by atoms with Crippen LogP contribution in [0, 0.1) is 5.92 Å². The first kappa shape index (κ1) is 16.7. The number of nitrogens with one attached hydrogen (secondary N) is 1. The number of amides is 2. The number of likely N-dealkylation sites (tertiary alicyclic amines) is 1. The monoisotopic (exact) mass is 335 g/mol. The van der Waals surface area contributed by atoms with Crippen LogP contribution in [0.3, 0.4) is 0 Å². The van der Waals surface area contributed by atoms with Gasteiger partial charge in [0.1, 0.15) is 5.00 Å². The van der Waals surface area contributed by atoms with E-state index in [1.54, 1.807) is 0 Å². The summed E-state index contributed by atoms with van der Waals surface area (Å²) in [6.07, 6.45) is 8.94. The second-order valence-electron chi connectivity index (χ2n) is 8.01. The second-order valence-corrected chi connectivity index (χ2v) is 8.87. The van der Waals surface area contributed by atoms with E-state index in [9.17, 15) is 4.79 Å². The number of hydrogen-bond acceptors (Lipinski definition) is 3. The van der Waals surface area contributed by atoms with Gasteiger partial charge in [-0.3, -0.25) is 5.32 Å². The van der Waals surface area contributed by atoms with E-state index in [0.717, 1.165) is 23.7 Å². The largest absolute Gasteiger partial charge is 0.322 e. The molecule has 1 saturated heterocycles. The van der Waals surface area contributed by atoms with Crippen LogP contribution in [0.25, 0.3) is 0 Å². The zero-order valence-electron chi connectivity index (χ0n) is 14.6. The quantitative estimate of drug-likeness (QED) is 0.825. The molecule has 2 heterocycles. The Bertz CT molecular complexity index is 543. The smallest absolute Gasteiger partial charge is 0.321 e. The molecule has 1 aromatic heterocycles. The van der Waals surface area contributed by atoms with Gasteiger partial charge in [-0.2, -0.15) is 0 Å². The standard InChI is InChI=1S/C18H29N3OS/c1-18(2,3)15-16(23-12-19-15)20-17(22)21-11-7-10-14(21)13-8-5-4-6-9-13/h12-14H,4-11H2,1-3H3,(H,20,22)/t14-/m0/s1. The van der Waals surface area contributed by atoms with Crippen molar-refractivity contribution in [1.29, 1.82) is 0 Å². The molecule has 2 amide bonds. The summed E-state index contributed by atoms with van der Waals surface area (Å²) in [7, 11) is 0. The van der Waals surface area contributed by atoms with Gasteiger partial charge in [0.05, 0.1) is 11.2 Å². The lowest BCUT2D eigenvalue weighted by Gasteiger charge is -2.34. The molecular formula is C18H29N3OS. The van der Waals surface area contributed by atoms with Gasteiger partial charge in [0.2, 0.25) is 0 Å². The highest BCUT2D eigenvalue weighted by Crippen LogP contribution is 2.36. The van der Waals surface area contributed by atoms with Crippen molar-refractivity contribution in [2.45, 2.75) is 77.2 Å². The van der Waals surface area contributed by atoms with Gasteiger partial charge in [0.15, 0.2) is 0 Å². The molecule has 0 unspecified atom stereocenters. The van der Waals surface area contributed by atoms with E-state index in [4.69, 9.17) is 0 Å². The highest BCUT2D eigenvalue weighted by Gasteiger charge is 2.35. The molecular weight excluding hydrogens is 306 g/mol. The summed E-state index contributed by atoms with van der Waals surface area (Å²) in [6.45, 7) is 7.31. The molecule has 1 aliphatic heterocycles. The zero-order valence-corrected chi connectivity index (χ0v) is 15.4. The number of thiazole rings is 1. The number of aromatic nitrogens is 1. The summed E-state index contributed by atoms with van der Waals surface area (Å²) in [5.41, 5.74) is 2.78. The third kappa shape index (κ3) is 3.70. The highest BCUT2D eigenvalue weighted by atomic mass is 32.1. The van der Waals surface area contributed by atoms with Crippen LogP contribution >= 0.6 is 11.3 Å². The molecule has 1 aromatic rings. The number of carbonyl (C=O) groups is 1. The van der Waals surface area contributed by atoms with Gasteiger partial charge in [-0.25, -0.2) is 9.78 Å². The fraction of sp³-hybridized carbons (Fsp3) is 0.778. The minimum absolute atomic E-state index is 0.0452. The van der Waals surface area contributed by atoms with Crippen LogP contribution in [0.5, 0.6) is 0 Å². The van der Waals surface area contributed by atoms with Crippen LogP contribution in [0.2, 0.25) is 0 Å². The van der Waals surface area contributed by atoms with Crippen molar-refractivity contribution in [1.82, 2.24) is 9.88 Å². The average molecular weight is 336 g/mol. The van der Waals surface area contributed by atoms with Crippen molar-refractivity contribution in [2.24, 2.45) is 5.92 Å². The molecule has 1 aliphatic carbocycles. The van der Waals surface area contributed by atoms with E-state index in [0.29, 0.717) is 12.0 Å². The molecule has 2 aliphatic rings. The van der Waals surface area contributed by atoms with Crippen LogP contribution in [-0.2, 0) is 5.41 Å². The van der Waals surface area contributed by atoms with E-state index in [-0.39, 0.29) is 11.4 Å². The molecule has 1 N–H and O–H groups in total. The molecule has 1 atom stereocenters. The normalized spacial score (nSPS) is 23.3. The van der Waals surface area contributed by atoms with Gasteiger partial charge in [0.25, 0.3) is 0 Å². The van der Waals surface area contributed by atoms with Gasteiger partial charge < -0.3 is 4.90 Å². The third-order valence-electron chi connectivity index (χ3n) is 5.25. The van der Waals surface area contributed by atoms with Gasteiger partial charge in [-0.05, 0) is 31.6 Å². The van der Waals surface area contributed by atoms with Crippen LogP contribution in [0.4, 0.5) is 9.80 Å².